The lowest BCUT2D eigenvalue weighted by Crippen LogP contribution is -2.29. The van der Waals surface area contributed by atoms with Crippen LogP contribution in [0.15, 0.2) is 279 Å². The first-order chi connectivity index (χ1) is 39.3. The number of benzene rings is 12. The second-order valence-electron chi connectivity index (χ2n) is 22.5. The fraction of sp³-hybridized carbons (Fsp3) is 0.0769. The van der Waals surface area contributed by atoms with Crippen molar-refractivity contribution in [2.45, 2.75) is 38.5 Å². The fourth-order valence-corrected chi connectivity index (χ4v) is 13.8. The van der Waals surface area contributed by atoms with Crippen molar-refractivity contribution < 1.29 is 0 Å². The van der Waals surface area contributed by atoms with Gasteiger partial charge in [0.1, 0.15) is 0 Å². The normalized spacial score (nSPS) is 13.4. The molecule has 3 aliphatic carbocycles. The number of rotatable bonds is 8. The van der Waals surface area contributed by atoms with E-state index in [1.165, 1.54) is 106 Å². The van der Waals surface area contributed by atoms with Gasteiger partial charge in [0.2, 0.25) is 0 Å². The van der Waals surface area contributed by atoms with Crippen molar-refractivity contribution in [1.29, 1.82) is 0 Å². The van der Waals surface area contributed by atoms with E-state index in [0.29, 0.717) is 0 Å². The molecule has 0 aromatic heterocycles. The third-order valence-electron chi connectivity index (χ3n) is 17.6. The van der Waals surface area contributed by atoms with E-state index in [-0.39, 0.29) is 5.41 Å². The Morgan fingerprint density at radius 3 is 1.20 bits per heavy atom. The molecule has 0 unspecified atom stereocenters. The largest absolute Gasteiger partial charge is 0.310 e. The number of fused-ring (bicyclic) bond motifs is 15. The summed E-state index contributed by atoms with van der Waals surface area (Å²) < 4.78 is 0. The Bertz CT molecular complexity index is 4280. The molecule has 0 saturated carbocycles. The van der Waals surface area contributed by atoms with Crippen LogP contribution in [0.4, 0.5) is 34.1 Å². The summed E-state index contributed by atoms with van der Waals surface area (Å²) in [4.78, 5) is 4.89. The monoisotopic (exact) mass is 1020 g/mol. The van der Waals surface area contributed by atoms with Crippen LogP contribution in [0.5, 0.6) is 0 Å². The second-order valence-corrected chi connectivity index (χ2v) is 22.5. The summed E-state index contributed by atoms with van der Waals surface area (Å²) in [5, 5.41) is 0. The molecule has 12 aromatic carbocycles. The van der Waals surface area contributed by atoms with E-state index < -0.39 is 5.41 Å². The van der Waals surface area contributed by atoms with Crippen LogP contribution in [0.2, 0.25) is 0 Å². The van der Waals surface area contributed by atoms with Gasteiger partial charge < -0.3 is 9.80 Å². The smallest absolute Gasteiger partial charge is 0.0726 e. The standard InChI is InChI=1S/C78H58N2/c1-51-30-37-56(38-31-51)79(57-39-32-52(2)33-40-57)59-43-47-69-68-45-36-55(48-74(68)78(75(69)50-59)71-27-15-11-23-64(71)62-21-8-9-22-63(62)65-24-12-16-28-72(65)78)53-34-41-58(42-35-53)80(76-29-17-13-20-61(76)54-18-6-5-7-19-54)60-44-46-67-66-25-10-14-26-70(66)77(3,4)73(67)49-60/h5-50H,1-4H3. The van der Waals surface area contributed by atoms with E-state index in [9.17, 15) is 0 Å². The van der Waals surface area contributed by atoms with Crippen LogP contribution in [0, 0.1) is 13.8 Å². The Balaban J connectivity index is 0.925. The maximum atomic E-state index is 2.52. The average molecular weight is 1020 g/mol. The molecule has 0 radical (unpaired) electrons. The van der Waals surface area contributed by atoms with Gasteiger partial charge in [0.25, 0.3) is 0 Å². The molecule has 0 aliphatic heterocycles. The van der Waals surface area contributed by atoms with Gasteiger partial charge in [-0.05, 0) is 181 Å². The van der Waals surface area contributed by atoms with Gasteiger partial charge in [0.05, 0.1) is 11.1 Å². The number of aryl methyl sites for hydroxylation is 2. The molecule has 15 rings (SSSR count). The summed E-state index contributed by atoms with van der Waals surface area (Å²) in [6.07, 6.45) is 0. The maximum absolute atomic E-state index is 2.52. The Hall–Kier alpha value is -9.76. The van der Waals surface area contributed by atoms with Crippen LogP contribution in [0.25, 0.3) is 66.8 Å². The molecule has 0 atom stereocenters. The van der Waals surface area contributed by atoms with Crippen LogP contribution in [0.1, 0.15) is 58.4 Å². The Kier molecular flexibility index (Phi) is 10.9. The average Bonchev–Trinajstić information content (AvgIpc) is 3.39. The van der Waals surface area contributed by atoms with Crippen LogP contribution in [-0.2, 0) is 10.8 Å². The molecule has 1 spiro atoms. The first kappa shape index (κ1) is 47.5. The summed E-state index contributed by atoms with van der Waals surface area (Å²) in [5.41, 5.74) is 31.1. The zero-order valence-corrected chi connectivity index (χ0v) is 45.5. The predicted octanol–water partition coefficient (Wildman–Crippen LogP) is 20.9. The zero-order valence-electron chi connectivity index (χ0n) is 45.5. The molecule has 0 saturated heterocycles. The van der Waals surface area contributed by atoms with E-state index in [1.54, 1.807) is 0 Å². The van der Waals surface area contributed by atoms with Crippen LogP contribution < -0.4 is 9.80 Å². The first-order valence-corrected chi connectivity index (χ1v) is 28.1. The summed E-state index contributed by atoms with van der Waals surface area (Å²) >= 11 is 0. The van der Waals surface area contributed by atoms with E-state index in [1.807, 2.05) is 0 Å². The van der Waals surface area contributed by atoms with Crippen molar-refractivity contribution in [2.75, 3.05) is 9.80 Å². The van der Waals surface area contributed by atoms with Crippen molar-refractivity contribution in [3.63, 3.8) is 0 Å². The van der Waals surface area contributed by atoms with Gasteiger partial charge in [0, 0.05) is 39.4 Å². The molecular weight excluding hydrogens is 965 g/mol. The molecule has 12 aromatic rings. The van der Waals surface area contributed by atoms with Crippen molar-refractivity contribution in [1.82, 2.24) is 0 Å². The lowest BCUT2D eigenvalue weighted by molar-refractivity contribution is 0.660. The molecule has 0 amide bonds. The first-order valence-electron chi connectivity index (χ1n) is 28.1. The highest BCUT2D eigenvalue weighted by atomic mass is 15.1. The van der Waals surface area contributed by atoms with Gasteiger partial charge >= 0.3 is 0 Å². The Labute approximate surface area is 470 Å². The van der Waals surface area contributed by atoms with Crippen molar-refractivity contribution in [3.05, 3.63) is 324 Å². The highest BCUT2D eigenvalue weighted by Crippen LogP contribution is 2.63. The minimum Gasteiger partial charge on any atom is -0.310 e. The molecule has 2 heteroatoms. The van der Waals surface area contributed by atoms with Crippen molar-refractivity contribution in [3.8, 4) is 66.8 Å². The number of para-hydroxylation sites is 1. The molecule has 0 fully saturated rings. The van der Waals surface area contributed by atoms with Gasteiger partial charge in [-0.1, -0.05) is 231 Å². The quantitative estimate of drug-likeness (QED) is 0.150. The zero-order chi connectivity index (χ0) is 53.7. The molecule has 2 nitrogen and oxygen atoms in total. The van der Waals surface area contributed by atoms with E-state index in [4.69, 9.17) is 0 Å². The lowest BCUT2D eigenvalue weighted by atomic mass is 9.65. The molecule has 0 N–H and O–H groups in total. The number of nitrogens with zero attached hydrogens (tertiary/aromatic N) is 2. The van der Waals surface area contributed by atoms with Crippen LogP contribution in [-0.4, -0.2) is 0 Å². The van der Waals surface area contributed by atoms with Crippen LogP contribution in [0.3, 0.4) is 0 Å². The Morgan fingerprint density at radius 1 is 0.237 bits per heavy atom. The molecule has 80 heavy (non-hydrogen) atoms. The summed E-state index contributed by atoms with van der Waals surface area (Å²) in [6.45, 7) is 9.06. The number of hydrogen-bond donors (Lipinski definition) is 0. The molecular formula is C78H58N2. The number of hydrogen-bond acceptors (Lipinski definition) is 2. The van der Waals surface area contributed by atoms with Crippen molar-refractivity contribution >= 4 is 34.1 Å². The lowest BCUT2D eigenvalue weighted by Gasteiger charge is -2.36. The van der Waals surface area contributed by atoms with E-state index >= 15 is 0 Å². The second kappa shape index (κ2) is 18.4. The third kappa shape index (κ3) is 7.25. The summed E-state index contributed by atoms with van der Waals surface area (Å²) in [5.74, 6) is 0. The van der Waals surface area contributed by atoms with Gasteiger partial charge in [-0.15, -0.1) is 0 Å². The van der Waals surface area contributed by atoms with E-state index in [0.717, 1.165) is 39.7 Å². The highest BCUT2D eigenvalue weighted by molar-refractivity contribution is 5.99. The van der Waals surface area contributed by atoms with E-state index in [2.05, 4.69) is 317 Å². The molecule has 3 aliphatic rings. The summed E-state index contributed by atoms with van der Waals surface area (Å²) in [7, 11) is 0. The predicted molar refractivity (Wildman–Crippen MR) is 335 cm³/mol. The fourth-order valence-electron chi connectivity index (χ4n) is 13.8. The maximum Gasteiger partial charge on any atom is 0.0726 e. The van der Waals surface area contributed by atoms with Crippen LogP contribution >= 0.6 is 0 Å². The van der Waals surface area contributed by atoms with Crippen molar-refractivity contribution in [2.24, 2.45) is 0 Å². The van der Waals surface area contributed by atoms with Gasteiger partial charge in [0.15, 0.2) is 0 Å². The Morgan fingerprint density at radius 2 is 0.613 bits per heavy atom. The molecule has 380 valence electrons. The van der Waals surface area contributed by atoms with Gasteiger partial charge in [-0.3, -0.25) is 0 Å². The summed E-state index contributed by atoms with van der Waals surface area (Å²) in [6, 6.07) is 105. The minimum absolute atomic E-state index is 0.148. The number of anilines is 6. The SMILES string of the molecule is Cc1ccc(N(c2ccc(C)cc2)c2ccc3c(c2)C2(c4ccccc4-c4ccccc4-c4ccccc42)c2cc(-c4ccc(N(c5ccc6c(c5)C(C)(C)c5ccccc5-6)c5ccccc5-c5ccccc5)cc4)ccc2-3)cc1. The minimum atomic E-state index is -0.686. The molecule has 0 bridgehead atoms. The third-order valence-corrected chi connectivity index (χ3v) is 17.6. The van der Waals surface area contributed by atoms with Gasteiger partial charge in [-0.2, -0.15) is 0 Å². The topological polar surface area (TPSA) is 6.48 Å². The van der Waals surface area contributed by atoms with Gasteiger partial charge in [-0.25, -0.2) is 0 Å². The molecule has 0 heterocycles. The highest BCUT2D eigenvalue weighted by Gasteiger charge is 2.50.